The number of aromatic nitrogens is 4. The van der Waals surface area contributed by atoms with Crippen molar-refractivity contribution in [3.8, 4) is 22.4 Å². The van der Waals surface area contributed by atoms with Gasteiger partial charge in [0.25, 0.3) is 0 Å². The minimum atomic E-state index is -0.664. The Balaban J connectivity index is 1.79. The highest BCUT2D eigenvalue weighted by Gasteiger charge is 2.48. The first-order chi connectivity index (χ1) is 17.3. The molecule has 1 N–H and O–H groups in total. The fraction of sp³-hybridized carbons (Fsp3) is 0.308. The van der Waals surface area contributed by atoms with Gasteiger partial charge < -0.3 is 10.2 Å². The van der Waals surface area contributed by atoms with Crippen LogP contribution in [0.4, 0.5) is 5.95 Å². The first-order valence-electron chi connectivity index (χ1n) is 11.8. The molecule has 2 aromatic heterocycles. The highest BCUT2D eigenvalue weighted by Crippen LogP contribution is 2.38. The van der Waals surface area contributed by atoms with E-state index in [0.29, 0.717) is 59.1 Å². The van der Waals surface area contributed by atoms with E-state index in [0.717, 1.165) is 11.1 Å². The van der Waals surface area contributed by atoms with Crippen molar-refractivity contribution >= 4 is 40.6 Å². The largest absolute Gasteiger partial charge is 0.353 e. The summed E-state index contributed by atoms with van der Waals surface area (Å²) in [4.78, 5) is 32.9. The third-order valence-electron chi connectivity index (χ3n) is 6.66. The van der Waals surface area contributed by atoms with Gasteiger partial charge in [-0.3, -0.25) is 4.79 Å². The third-order valence-corrected chi connectivity index (χ3v) is 7.16. The molecule has 0 aliphatic carbocycles. The zero-order valence-electron chi connectivity index (χ0n) is 20.3. The molecule has 186 valence electrons. The van der Waals surface area contributed by atoms with Crippen LogP contribution in [0.5, 0.6) is 0 Å². The van der Waals surface area contributed by atoms with Gasteiger partial charge in [0.05, 0.1) is 11.3 Å². The van der Waals surface area contributed by atoms with Crippen LogP contribution in [0.25, 0.3) is 28.0 Å². The summed E-state index contributed by atoms with van der Waals surface area (Å²) in [5.74, 6) is 0.510. The standard InChI is InChI=1S/C26H26Cl2N6O2/c1-4-29-26(16(3)35)14-32(15-26)24-30-22(18-8-12-20(28)13-9-18)21(17-6-10-19(27)11-7-17)23-31-33(5-2)25(36)34(23)24/h6-13,29H,4-5,14-15H2,1-3H3. The van der Waals surface area contributed by atoms with Gasteiger partial charge >= 0.3 is 5.69 Å². The summed E-state index contributed by atoms with van der Waals surface area (Å²) < 4.78 is 2.97. The smallest absolute Gasteiger partial charge is 0.337 e. The van der Waals surface area contributed by atoms with E-state index in [-0.39, 0.29) is 11.5 Å². The lowest BCUT2D eigenvalue weighted by molar-refractivity contribution is -0.124. The van der Waals surface area contributed by atoms with Crippen molar-refractivity contribution < 1.29 is 4.79 Å². The molecule has 5 rings (SSSR count). The number of ketones is 1. The zero-order chi connectivity index (χ0) is 25.6. The molecule has 3 heterocycles. The molecule has 2 aromatic carbocycles. The summed E-state index contributed by atoms with van der Waals surface area (Å²) in [6.45, 7) is 7.32. The lowest BCUT2D eigenvalue weighted by atomic mass is 9.86. The molecule has 0 radical (unpaired) electrons. The second-order valence-corrected chi connectivity index (χ2v) is 9.80. The van der Waals surface area contributed by atoms with Gasteiger partial charge in [-0.15, -0.1) is 5.10 Å². The summed E-state index contributed by atoms with van der Waals surface area (Å²) in [6, 6.07) is 14.8. The first kappa shape index (κ1) is 24.5. The molecule has 1 aliphatic rings. The van der Waals surface area contributed by atoms with Gasteiger partial charge in [-0.25, -0.2) is 18.9 Å². The van der Waals surface area contributed by atoms with E-state index >= 15 is 0 Å². The average Bonchev–Trinajstić information content (AvgIpc) is 3.17. The highest BCUT2D eigenvalue weighted by atomic mass is 35.5. The second-order valence-electron chi connectivity index (χ2n) is 8.93. The Morgan fingerprint density at radius 1 is 1.00 bits per heavy atom. The molecule has 1 aliphatic heterocycles. The predicted molar refractivity (Wildman–Crippen MR) is 143 cm³/mol. The molecular formula is C26H26Cl2N6O2. The van der Waals surface area contributed by atoms with E-state index in [4.69, 9.17) is 33.3 Å². The van der Waals surface area contributed by atoms with E-state index in [1.54, 1.807) is 35.6 Å². The first-order valence-corrected chi connectivity index (χ1v) is 12.6. The van der Waals surface area contributed by atoms with Crippen LogP contribution in [0.2, 0.25) is 10.0 Å². The van der Waals surface area contributed by atoms with E-state index < -0.39 is 5.54 Å². The minimum absolute atomic E-state index is 0.0594. The molecule has 0 spiro atoms. The molecule has 1 fully saturated rings. The summed E-state index contributed by atoms with van der Waals surface area (Å²) in [7, 11) is 0. The van der Waals surface area contributed by atoms with Crippen molar-refractivity contribution in [1.29, 1.82) is 0 Å². The maximum absolute atomic E-state index is 13.5. The molecule has 0 bridgehead atoms. The Bertz CT molecular complexity index is 1500. The molecule has 0 atom stereocenters. The van der Waals surface area contributed by atoms with E-state index in [9.17, 15) is 9.59 Å². The van der Waals surface area contributed by atoms with Crippen LogP contribution in [0, 0.1) is 0 Å². The van der Waals surface area contributed by atoms with Crippen molar-refractivity contribution in [1.82, 2.24) is 24.5 Å². The number of nitrogens with zero attached hydrogens (tertiary/aromatic N) is 5. The summed E-state index contributed by atoms with van der Waals surface area (Å²) in [5.41, 5.74) is 2.58. The topological polar surface area (TPSA) is 84.5 Å². The Kier molecular flexibility index (Phi) is 6.36. The number of likely N-dealkylation sites (N-methyl/N-ethyl adjacent to an activating group) is 1. The van der Waals surface area contributed by atoms with Crippen molar-refractivity contribution in [2.45, 2.75) is 32.9 Å². The van der Waals surface area contributed by atoms with Gasteiger partial charge in [-0.2, -0.15) is 0 Å². The molecule has 0 amide bonds. The zero-order valence-corrected chi connectivity index (χ0v) is 21.8. The van der Waals surface area contributed by atoms with Crippen molar-refractivity contribution in [3.05, 3.63) is 69.1 Å². The third kappa shape index (κ3) is 3.99. The molecule has 4 aromatic rings. The maximum atomic E-state index is 13.5. The summed E-state index contributed by atoms with van der Waals surface area (Å²) in [6.07, 6.45) is 0. The van der Waals surface area contributed by atoms with Crippen LogP contribution in [-0.2, 0) is 11.3 Å². The number of rotatable bonds is 7. The van der Waals surface area contributed by atoms with Crippen molar-refractivity contribution in [3.63, 3.8) is 0 Å². The number of nitrogens with one attached hydrogen (secondary N) is 1. The average molecular weight is 525 g/mol. The highest BCUT2D eigenvalue weighted by molar-refractivity contribution is 6.31. The Labute approximate surface area is 218 Å². The lowest BCUT2D eigenvalue weighted by Gasteiger charge is -2.49. The molecule has 36 heavy (non-hydrogen) atoms. The number of hydrogen-bond acceptors (Lipinski definition) is 6. The summed E-state index contributed by atoms with van der Waals surface area (Å²) in [5, 5.41) is 9.23. The number of carbonyl (C=O) groups is 1. The normalized spacial score (nSPS) is 14.8. The monoisotopic (exact) mass is 524 g/mol. The predicted octanol–water partition coefficient (Wildman–Crippen LogP) is 4.31. The van der Waals surface area contributed by atoms with Crippen LogP contribution in [-0.4, -0.2) is 50.1 Å². The SMILES string of the molecule is CCNC1(C(C)=O)CN(c2nc(-c3ccc(Cl)cc3)c(-c3ccc(Cl)cc3)c3nn(CC)c(=O)n23)C1. The second kappa shape index (κ2) is 9.35. The number of halogens is 2. The number of carbonyl (C=O) groups excluding carboxylic acids is 1. The van der Waals surface area contributed by atoms with Gasteiger partial charge in [0.15, 0.2) is 11.4 Å². The number of aryl methyl sites for hydroxylation is 1. The molecule has 0 saturated carbocycles. The van der Waals surface area contributed by atoms with Crippen LogP contribution < -0.4 is 15.9 Å². The quantitative estimate of drug-likeness (QED) is 0.387. The van der Waals surface area contributed by atoms with Crippen molar-refractivity contribution in [2.75, 3.05) is 24.5 Å². The van der Waals surface area contributed by atoms with Gasteiger partial charge in [-0.05, 0) is 50.2 Å². The Morgan fingerprint density at radius 3 is 2.11 bits per heavy atom. The number of Topliss-reactive ketones (excluding diaryl/α,β-unsaturated/α-hetero) is 1. The molecular weight excluding hydrogens is 499 g/mol. The van der Waals surface area contributed by atoms with Crippen LogP contribution in [0.3, 0.4) is 0 Å². The van der Waals surface area contributed by atoms with E-state index in [1.165, 1.54) is 4.68 Å². The van der Waals surface area contributed by atoms with Crippen LogP contribution in [0.15, 0.2) is 53.3 Å². The Morgan fingerprint density at radius 2 is 1.58 bits per heavy atom. The van der Waals surface area contributed by atoms with Crippen LogP contribution in [0.1, 0.15) is 20.8 Å². The lowest BCUT2D eigenvalue weighted by Crippen LogP contribution is -2.73. The number of benzene rings is 2. The maximum Gasteiger partial charge on any atom is 0.353 e. The molecule has 0 unspecified atom stereocenters. The molecule has 8 nitrogen and oxygen atoms in total. The van der Waals surface area contributed by atoms with Crippen LogP contribution >= 0.6 is 23.2 Å². The van der Waals surface area contributed by atoms with Gasteiger partial charge in [-0.1, -0.05) is 54.4 Å². The number of hydrogen-bond donors (Lipinski definition) is 1. The molecule has 1 saturated heterocycles. The van der Waals surface area contributed by atoms with Crippen molar-refractivity contribution in [2.24, 2.45) is 0 Å². The summed E-state index contributed by atoms with van der Waals surface area (Å²) >= 11 is 12.3. The minimum Gasteiger partial charge on any atom is -0.337 e. The van der Waals surface area contributed by atoms with Gasteiger partial charge in [0.2, 0.25) is 5.95 Å². The fourth-order valence-corrected chi connectivity index (χ4v) is 4.97. The number of fused-ring (bicyclic) bond motifs is 1. The van der Waals surface area contributed by atoms with E-state index in [1.807, 2.05) is 43.0 Å². The van der Waals surface area contributed by atoms with E-state index in [2.05, 4.69) is 5.32 Å². The molecule has 10 heteroatoms. The Hall–Kier alpha value is -3.20. The van der Waals surface area contributed by atoms with Gasteiger partial charge in [0, 0.05) is 35.2 Å². The number of anilines is 1. The fourth-order valence-electron chi connectivity index (χ4n) is 4.72. The van der Waals surface area contributed by atoms with Gasteiger partial charge in [0.1, 0.15) is 5.54 Å².